The van der Waals surface area contributed by atoms with Crippen LogP contribution in [0.5, 0.6) is 0 Å². The Bertz CT molecular complexity index is 130. The van der Waals surface area contributed by atoms with Crippen molar-refractivity contribution in [2.75, 3.05) is 19.8 Å². The maximum absolute atomic E-state index is 11.8. The normalized spacial score (nSPS) is 19.4. The van der Waals surface area contributed by atoms with Crippen molar-refractivity contribution in [3.63, 3.8) is 0 Å². The summed E-state index contributed by atoms with van der Waals surface area (Å²) in [7, 11) is 0. The minimum Gasteiger partial charge on any atom is -0.300 e. The van der Waals surface area contributed by atoms with Crippen molar-refractivity contribution >= 4 is 0 Å². The second-order valence-electron chi connectivity index (χ2n) is 4.45. The van der Waals surface area contributed by atoms with E-state index in [0.717, 1.165) is 18.8 Å². The largest absolute Gasteiger partial charge is 0.300 e. The van der Waals surface area contributed by atoms with Gasteiger partial charge in [-0.15, -0.1) is 0 Å². The van der Waals surface area contributed by atoms with Crippen LogP contribution in [0, 0.1) is 5.92 Å². The average Bonchev–Trinajstić information content (AvgIpc) is 2.00. The summed E-state index contributed by atoms with van der Waals surface area (Å²) in [5, 5.41) is 0. The molecule has 2 heteroatoms. The van der Waals surface area contributed by atoms with Crippen LogP contribution in [0.4, 0.5) is 4.39 Å². The summed E-state index contributed by atoms with van der Waals surface area (Å²) in [6.07, 6.45) is 4.37. The number of hydrogen-bond acceptors (Lipinski definition) is 1. The fourth-order valence-electron chi connectivity index (χ4n) is 1.92. The lowest BCUT2D eigenvalue weighted by Crippen LogP contribution is -2.49. The molecule has 0 aliphatic carbocycles. The third kappa shape index (κ3) is 3.63. The van der Waals surface area contributed by atoms with Crippen LogP contribution < -0.4 is 0 Å². The van der Waals surface area contributed by atoms with E-state index in [1.54, 1.807) is 0 Å². The summed E-state index contributed by atoms with van der Waals surface area (Å²) in [5.74, 6) is 0.905. The van der Waals surface area contributed by atoms with E-state index in [0.29, 0.717) is 6.04 Å². The van der Waals surface area contributed by atoms with Crippen LogP contribution in [0.15, 0.2) is 0 Å². The molecule has 0 aromatic carbocycles. The van der Waals surface area contributed by atoms with Crippen LogP contribution in [0.2, 0.25) is 0 Å². The summed E-state index contributed by atoms with van der Waals surface area (Å²) in [6, 6.07) is 0.710. The molecule has 0 bridgehead atoms. The summed E-state index contributed by atoms with van der Waals surface area (Å²) >= 11 is 0. The van der Waals surface area contributed by atoms with E-state index in [9.17, 15) is 4.39 Å². The van der Waals surface area contributed by atoms with Gasteiger partial charge in [0.15, 0.2) is 0 Å². The van der Waals surface area contributed by atoms with E-state index >= 15 is 0 Å². The van der Waals surface area contributed by atoms with Gasteiger partial charge in [-0.1, -0.05) is 12.8 Å². The Morgan fingerprint density at radius 3 is 2.46 bits per heavy atom. The van der Waals surface area contributed by atoms with Crippen LogP contribution in [-0.4, -0.2) is 30.7 Å². The molecule has 0 aromatic rings. The highest BCUT2D eigenvalue weighted by Gasteiger charge is 2.27. The van der Waals surface area contributed by atoms with E-state index in [1.807, 2.05) is 0 Å². The van der Waals surface area contributed by atoms with Crippen molar-refractivity contribution in [2.45, 2.75) is 45.6 Å². The zero-order valence-corrected chi connectivity index (χ0v) is 8.93. The van der Waals surface area contributed by atoms with Crippen molar-refractivity contribution in [1.82, 2.24) is 4.90 Å². The number of alkyl halides is 1. The third-order valence-electron chi connectivity index (χ3n) is 2.96. The molecule has 0 amide bonds. The Kier molecular flexibility index (Phi) is 4.71. The third-order valence-corrected chi connectivity index (χ3v) is 2.96. The molecular formula is C11H22FN. The van der Waals surface area contributed by atoms with Gasteiger partial charge in [-0.25, -0.2) is 0 Å². The van der Waals surface area contributed by atoms with Crippen molar-refractivity contribution < 1.29 is 4.39 Å². The van der Waals surface area contributed by atoms with Crippen LogP contribution in [0.25, 0.3) is 0 Å². The van der Waals surface area contributed by atoms with Crippen LogP contribution in [0.3, 0.4) is 0 Å². The van der Waals surface area contributed by atoms with Gasteiger partial charge in [0.05, 0.1) is 6.67 Å². The zero-order chi connectivity index (χ0) is 9.68. The molecule has 0 N–H and O–H groups in total. The summed E-state index contributed by atoms with van der Waals surface area (Å²) in [4.78, 5) is 2.50. The lowest BCUT2D eigenvalue weighted by Gasteiger charge is -2.42. The maximum Gasteiger partial charge on any atom is 0.0894 e. The van der Waals surface area contributed by atoms with Crippen molar-refractivity contribution in [1.29, 1.82) is 0 Å². The summed E-state index contributed by atoms with van der Waals surface area (Å²) in [6.45, 7) is 6.90. The van der Waals surface area contributed by atoms with Gasteiger partial charge in [-0.3, -0.25) is 4.39 Å². The predicted octanol–water partition coefficient (Wildman–Crippen LogP) is 2.86. The van der Waals surface area contributed by atoms with Gasteiger partial charge < -0.3 is 4.90 Å². The topological polar surface area (TPSA) is 3.24 Å². The average molecular weight is 187 g/mol. The van der Waals surface area contributed by atoms with Gasteiger partial charge >= 0.3 is 0 Å². The van der Waals surface area contributed by atoms with Crippen LogP contribution in [-0.2, 0) is 0 Å². The summed E-state index contributed by atoms with van der Waals surface area (Å²) < 4.78 is 11.8. The van der Waals surface area contributed by atoms with E-state index in [4.69, 9.17) is 0 Å². The number of hydrogen-bond donors (Lipinski definition) is 0. The Morgan fingerprint density at radius 2 is 1.92 bits per heavy atom. The van der Waals surface area contributed by atoms with Gasteiger partial charge in [0, 0.05) is 19.1 Å². The Morgan fingerprint density at radius 1 is 1.23 bits per heavy atom. The van der Waals surface area contributed by atoms with Gasteiger partial charge in [0.2, 0.25) is 0 Å². The number of unbranched alkanes of at least 4 members (excludes halogenated alkanes) is 2. The first-order valence-electron chi connectivity index (χ1n) is 5.54. The molecule has 1 nitrogen and oxygen atoms in total. The molecule has 0 spiro atoms. The molecule has 1 saturated heterocycles. The minimum absolute atomic E-state index is 0.136. The predicted molar refractivity (Wildman–Crippen MR) is 54.6 cm³/mol. The van der Waals surface area contributed by atoms with Gasteiger partial charge in [-0.2, -0.15) is 0 Å². The molecule has 1 fully saturated rings. The van der Waals surface area contributed by atoms with E-state index in [1.165, 1.54) is 25.9 Å². The standard InChI is InChI=1S/C11H22FN/c1-10(2)13-8-11(9-13)6-4-3-5-7-12/h10-11H,3-9H2,1-2H3. The molecule has 1 heterocycles. The van der Waals surface area contributed by atoms with E-state index < -0.39 is 0 Å². The van der Waals surface area contributed by atoms with Crippen molar-refractivity contribution in [3.8, 4) is 0 Å². The van der Waals surface area contributed by atoms with Gasteiger partial charge in [-0.05, 0) is 32.6 Å². The van der Waals surface area contributed by atoms with Crippen molar-refractivity contribution in [3.05, 3.63) is 0 Å². The zero-order valence-electron chi connectivity index (χ0n) is 8.93. The molecule has 78 valence electrons. The molecule has 1 aliphatic heterocycles. The fraction of sp³-hybridized carbons (Fsp3) is 1.00. The number of nitrogens with zero attached hydrogens (tertiary/aromatic N) is 1. The molecule has 1 rings (SSSR count). The van der Waals surface area contributed by atoms with E-state index in [2.05, 4.69) is 18.7 Å². The first-order chi connectivity index (χ1) is 6.24. The monoisotopic (exact) mass is 187 g/mol. The van der Waals surface area contributed by atoms with Crippen LogP contribution >= 0.6 is 0 Å². The first-order valence-corrected chi connectivity index (χ1v) is 5.54. The number of likely N-dealkylation sites (tertiary alicyclic amines) is 1. The molecule has 0 atom stereocenters. The second kappa shape index (κ2) is 5.58. The number of halogens is 1. The highest BCUT2D eigenvalue weighted by molar-refractivity contribution is 4.81. The van der Waals surface area contributed by atoms with Gasteiger partial charge in [0.25, 0.3) is 0 Å². The molecule has 0 radical (unpaired) electrons. The second-order valence-corrected chi connectivity index (χ2v) is 4.45. The molecule has 13 heavy (non-hydrogen) atoms. The quantitative estimate of drug-likeness (QED) is 0.578. The fourth-order valence-corrected chi connectivity index (χ4v) is 1.92. The highest BCUT2D eigenvalue weighted by Crippen LogP contribution is 2.23. The molecular weight excluding hydrogens is 165 g/mol. The highest BCUT2D eigenvalue weighted by atomic mass is 19.1. The molecule has 1 aliphatic rings. The van der Waals surface area contributed by atoms with Crippen LogP contribution in [0.1, 0.15) is 39.5 Å². The summed E-state index contributed by atoms with van der Waals surface area (Å²) in [5.41, 5.74) is 0. The first kappa shape index (κ1) is 11.0. The Balaban J connectivity index is 1.90. The maximum atomic E-state index is 11.8. The minimum atomic E-state index is -0.136. The lowest BCUT2D eigenvalue weighted by molar-refractivity contribution is 0.0611. The molecule has 0 aromatic heterocycles. The van der Waals surface area contributed by atoms with E-state index in [-0.39, 0.29) is 6.67 Å². The SMILES string of the molecule is CC(C)N1CC(CCCCCF)C1. The Labute approximate surface area is 81.3 Å². The lowest BCUT2D eigenvalue weighted by atomic mass is 9.92. The molecule has 0 unspecified atom stereocenters. The smallest absolute Gasteiger partial charge is 0.0894 e. The van der Waals surface area contributed by atoms with Crippen molar-refractivity contribution in [2.24, 2.45) is 5.92 Å². The van der Waals surface area contributed by atoms with Gasteiger partial charge in [0.1, 0.15) is 0 Å². The Hall–Kier alpha value is -0.110. The molecule has 0 saturated carbocycles. The number of rotatable bonds is 6.